The van der Waals surface area contributed by atoms with Crippen LogP contribution in [0.5, 0.6) is 5.75 Å². The fraction of sp³-hybridized carbons (Fsp3) is 0.133. The van der Waals surface area contributed by atoms with Crippen molar-refractivity contribution in [2.75, 3.05) is 0 Å². The molecule has 0 radical (unpaired) electrons. The maximum atomic E-state index is 11.8. The highest BCUT2D eigenvalue weighted by molar-refractivity contribution is 6.03. The van der Waals surface area contributed by atoms with Crippen LogP contribution in [0.3, 0.4) is 0 Å². The van der Waals surface area contributed by atoms with Crippen molar-refractivity contribution in [1.82, 2.24) is 0 Å². The Kier molecular flexibility index (Phi) is 3.24. The molecule has 17 heavy (non-hydrogen) atoms. The summed E-state index contributed by atoms with van der Waals surface area (Å²) in [7, 11) is 0. The van der Waals surface area contributed by atoms with Gasteiger partial charge in [-0.15, -0.1) is 0 Å². The summed E-state index contributed by atoms with van der Waals surface area (Å²) in [5.74, 6) is 0.190. The minimum Gasteiger partial charge on any atom is -0.507 e. The van der Waals surface area contributed by atoms with Gasteiger partial charge in [0.25, 0.3) is 0 Å². The molecule has 0 aliphatic heterocycles. The smallest absolute Gasteiger partial charge is 0.163 e. The van der Waals surface area contributed by atoms with Crippen molar-refractivity contribution in [1.29, 1.82) is 0 Å². The molecule has 2 aromatic carbocycles. The molecule has 2 aromatic rings. The number of aromatic hydroxyl groups is 1. The molecule has 0 aromatic heterocycles. The van der Waals surface area contributed by atoms with Crippen LogP contribution in [0.4, 0.5) is 0 Å². The third-order valence-corrected chi connectivity index (χ3v) is 2.73. The van der Waals surface area contributed by atoms with Crippen molar-refractivity contribution in [3.05, 3.63) is 54.1 Å². The summed E-state index contributed by atoms with van der Waals surface area (Å²) < 4.78 is 0. The number of Topliss-reactive ketones (excluding diaryl/α,β-unsaturated/α-hetero) is 1. The van der Waals surface area contributed by atoms with Crippen LogP contribution in [-0.2, 0) is 0 Å². The molecule has 2 rings (SSSR count). The van der Waals surface area contributed by atoms with Gasteiger partial charge in [0.15, 0.2) is 5.78 Å². The van der Waals surface area contributed by atoms with Crippen molar-refractivity contribution >= 4 is 5.78 Å². The largest absolute Gasteiger partial charge is 0.507 e. The molecule has 2 nitrogen and oxygen atoms in total. The van der Waals surface area contributed by atoms with Crippen LogP contribution in [0.25, 0.3) is 11.1 Å². The highest BCUT2D eigenvalue weighted by atomic mass is 16.3. The van der Waals surface area contributed by atoms with Gasteiger partial charge in [-0.3, -0.25) is 4.79 Å². The summed E-state index contributed by atoms with van der Waals surface area (Å²) in [5, 5.41) is 9.94. The lowest BCUT2D eigenvalue weighted by Crippen LogP contribution is -1.99. The van der Waals surface area contributed by atoms with Crippen LogP contribution in [-0.4, -0.2) is 10.9 Å². The Morgan fingerprint density at radius 1 is 1.06 bits per heavy atom. The standard InChI is InChI=1S/C15H14O2/c1-2-13(16)12-9-6-10-14(17)15(12)11-7-4-3-5-8-11/h3-10,17H,2H2,1H3. The number of carbonyl (C=O) groups is 1. The molecule has 2 heteroatoms. The maximum absolute atomic E-state index is 11.8. The molecular formula is C15H14O2. The van der Waals surface area contributed by atoms with E-state index >= 15 is 0 Å². The van der Waals surface area contributed by atoms with Crippen molar-refractivity contribution in [3.63, 3.8) is 0 Å². The molecule has 0 aliphatic rings. The van der Waals surface area contributed by atoms with E-state index in [0.717, 1.165) is 5.56 Å². The zero-order valence-electron chi connectivity index (χ0n) is 9.68. The summed E-state index contributed by atoms with van der Waals surface area (Å²) in [6.07, 6.45) is 0.434. The zero-order valence-corrected chi connectivity index (χ0v) is 9.68. The molecule has 0 bridgehead atoms. The van der Waals surface area contributed by atoms with Crippen LogP contribution in [0.2, 0.25) is 0 Å². The van der Waals surface area contributed by atoms with Crippen LogP contribution in [0.1, 0.15) is 23.7 Å². The van der Waals surface area contributed by atoms with Gasteiger partial charge in [-0.1, -0.05) is 49.4 Å². The van der Waals surface area contributed by atoms with Crippen LogP contribution >= 0.6 is 0 Å². The fourth-order valence-corrected chi connectivity index (χ4v) is 1.87. The van der Waals surface area contributed by atoms with Gasteiger partial charge in [-0.05, 0) is 11.6 Å². The number of phenolic OH excluding ortho intramolecular Hbond substituents is 1. The topological polar surface area (TPSA) is 37.3 Å². The average molecular weight is 226 g/mol. The predicted octanol–water partition coefficient (Wildman–Crippen LogP) is 3.65. The summed E-state index contributed by atoms with van der Waals surface area (Å²) in [6.45, 7) is 1.82. The van der Waals surface area contributed by atoms with Gasteiger partial charge in [0, 0.05) is 17.5 Å². The fourth-order valence-electron chi connectivity index (χ4n) is 1.87. The van der Waals surface area contributed by atoms with Crippen LogP contribution in [0, 0.1) is 0 Å². The molecule has 0 fully saturated rings. The second kappa shape index (κ2) is 4.83. The summed E-state index contributed by atoms with van der Waals surface area (Å²) in [4.78, 5) is 11.8. The van der Waals surface area contributed by atoms with Crippen LogP contribution in [0.15, 0.2) is 48.5 Å². The van der Waals surface area contributed by atoms with Gasteiger partial charge in [0.1, 0.15) is 5.75 Å². The summed E-state index contributed by atoms with van der Waals surface area (Å²) >= 11 is 0. The number of hydrogen-bond acceptors (Lipinski definition) is 2. The molecule has 86 valence electrons. The third-order valence-electron chi connectivity index (χ3n) is 2.73. The highest BCUT2D eigenvalue weighted by Crippen LogP contribution is 2.32. The number of benzene rings is 2. The lowest BCUT2D eigenvalue weighted by molar-refractivity contribution is 0.0988. The Labute approximate surface area is 101 Å². The Hall–Kier alpha value is -2.09. The molecule has 0 aliphatic carbocycles. The number of hydrogen-bond donors (Lipinski definition) is 1. The van der Waals surface area contributed by atoms with E-state index in [0.29, 0.717) is 17.5 Å². The van der Waals surface area contributed by atoms with Gasteiger partial charge in [0.2, 0.25) is 0 Å². The number of rotatable bonds is 3. The lowest BCUT2D eigenvalue weighted by atomic mass is 9.95. The van der Waals surface area contributed by atoms with Gasteiger partial charge < -0.3 is 5.11 Å². The van der Waals surface area contributed by atoms with E-state index in [1.807, 2.05) is 37.3 Å². The van der Waals surface area contributed by atoms with E-state index in [4.69, 9.17) is 0 Å². The normalized spacial score (nSPS) is 10.2. The van der Waals surface area contributed by atoms with Crippen molar-refractivity contribution in [3.8, 4) is 16.9 Å². The number of ketones is 1. The minimum absolute atomic E-state index is 0.0414. The Bertz CT molecular complexity index is 530. The van der Waals surface area contributed by atoms with E-state index < -0.39 is 0 Å². The lowest BCUT2D eigenvalue weighted by Gasteiger charge is -2.10. The van der Waals surface area contributed by atoms with Gasteiger partial charge in [0.05, 0.1) is 0 Å². The first-order chi connectivity index (χ1) is 8.24. The minimum atomic E-state index is 0.0414. The first-order valence-corrected chi connectivity index (χ1v) is 5.64. The van der Waals surface area contributed by atoms with Crippen molar-refractivity contribution < 1.29 is 9.90 Å². The number of phenols is 1. The molecule has 0 spiro atoms. The van der Waals surface area contributed by atoms with Gasteiger partial charge in [-0.25, -0.2) is 0 Å². The quantitative estimate of drug-likeness (QED) is 0.811. The Morgan fingerprint density at radius 3 is 2.41 bits per heavy atom. The third kappa shape index (κ3) is 2.21. The molecule has 0 saturated heterocycles. The molecule has 0 amide bonds. The van der Waals surface area contributed by atoms with Crippen molar-refractivity contribution in [2.24, 2.45) is 0 Å². The molecule has 0 saturated carbocycles. The van der Waals surface area contributed by atoms with Gasteiger partial charge >= 0.3 is 0 Å². The van der Waals surface area contributed by atoms with E-state index in [9.17, 15) is 9.90 Å². The zero-order chi connectivity index (χ0) is 12.3. The highest BCUT2D eigenvalue weighted by Gasteiger charge is 2.14. The first kappa shape index (κ1) is 11.4. The molecule has 0 unspecified atom stereocenters. The van der Waals surface area contributed by atoms with E-state index in [1.165, 1.54) is 0 Å². The van der Waals surface area contributed by atoms with E-state index in [-0.39, 0.29) is 11.5 Å². The Balaban J connectivity index is 2.64. The molecule has 0 atom stereocenters. The molecular weight excluding hydrogens is 212 g/mol. The van der Waals surface area contributed by atoms with E-state index in [2.05, 4.69) is 0 Å². The Morgan fingerprint density at radius 2 is 1.76 bits per heavy atom. The van der Waals surface area contributed by atoms with Crippen LogP contribution < -0.4 is 0 Å². The molecule has 1 N–H and O–H groups in total. The maximum Gasteiger partial charge on any atom is 0.163 e. The SMILES string of the molecule is CCC(=O)c1cccc(O)c1-c1ccccc1. The van der Waals surface area contributed by atoms with Gasteiger partial charge in [-0.2, -0.15) is 0 Å². The second-order valence-corrected chi connectivity index (χ2v) is 3.84. The summed E-state index contributed by atoms with van der Waals surface area (Å²) in [5.41, 5.74) is 2.07. The average Bonchev–Trinajstić information content (AvgIpc) is 2.38. The molecule has 0 heterocycles. The number of carbonyl (C=O) groups excluding carboxylic acids is 1. The first-order valence-electron chi connectivity index (χ1n) is 5.64. The summed E-state index contributed by atoms with van der Waals surface area (Å²) in [6, 6.07) is 14.5. The second-order valence-electron chi connectivity index (χ2n) is 3.84. The predicted molar refractivity (Wildman–Crippen MR) is 68.2 cm³/mol. The monoisotopic (exact) mass is 226 g/mol. The van der Waals surface area contributed by atoms with E-state index in [1.54, 1.807) is 18.2 Å². The van der Waals surface area contributed by atoms with Crippen molar-refractivity contribution in [2.45, 2.75) is 13.3 Å².